The summed E-state index contributed by atoms with van der Waals surface area (Å²) in [5.74, 6) is 2.64. The highest BCUT2D eigenvalue weighted by molar-refractivity contribution is 6.01. The van der Waals surface area contributed by atoms with Crippen molar-refractivity contribution >= 4 is 5.78 Å². The smallest absolute Gasteiger partial charge is 0.178 e. The molecule has 5 atom stereocenters. The Morgan fingerprint density at radius 2 is 1.96 bits per heavy atom. The van der Waals surface area contributed by atoms with Crippen molar-refractivity contribution in [2.75, 3.05) is 0 Å². The van der Waals surface area contributed by atoms with Crippen LogP contribution in [0.5, 0.6) is 0 Å². The van der Waals surface area contributed by atoms with E-state index in [1.54, 1.807) is 5.57 Å². The largest absolute Gasteiger partial charge is 0.290 e. The van der Waals surface area contributed by atoms with Gasteiger partial charge in [-0.3, -0.25) is 4.79 Å². The van der Waals surface area contributed by atoms with E-state index in [-0.39, 0.29) is 11.2 Å². The second kappa shape index (κ2) is 4.54. The number of allylic oxidation sites excluding steroid dienone is 6. The summed E-state index contributed by atoms with van der Waals surface area (Å²) in [6, 6.07) is 0. The Morgan fingerprint density at radius 3 is 2.67 bits per heavy atom. The fraction of sp³-hybridized carbons (Fsp3) is 0.696. The fourth-order valence-corrected chi connectivity index (χ4v) is 7.45. The summed E-state index contributed by atoms with van der Waals surface area (Å²) in [5.41, 5.74) is 4.22. The second-order valence-electron chi connectivity index (χ2n) is 9.71. The minimum atomic E-state index is 0.142. The molecule has 0 radical (unpaired) electrons. The molecule has 0 bridgehead atoms. The molecule has 0 aromatic heterocycles. The van der Waals surface area contributed by atoms with Crippen molar-refractivity contribution in [3.63, 3.8) is 0 Å². The summed E-state index contributed by atoms with van der Waals surface area (Å²) in [4.78, 5) is 12.1. The van der Waals surface area contributed by atoms with Gasteiger partial charge in [-0.15, -0.1) is 0 Å². The molecule has 1 spiro atoms. The van der Waals surface area contributed by atoms with E-state index in [0.29, 0.717) is 10.8 Å². The zero-order valence-electron chi connectivity index (χ0n) is 15.4. The first-order valence-electron chi connectivity index (χ1n) is 10.1. The van der Waals surface area contributed by atoms with Crippen molar-refractivity contribution in [3.8, 4) is 0 Å². The molecule has 0 heterocycles. The lowest BCUT2D eigenvalue weighted by Crippen LogP contribution is -2.51. The third kappa shape index (κ3) is 1.69. The zero-order valence-corrected chi connectivity index (χ0v) is 15.4. The maximum absolute atomic E-state index is 12.1. The minimum absolute atomic E-state index is 0.142. The van der Waals surface area contributed by atoms with Crippen molar-refractivity contribution in [1.82, 2.24) is 0 Å². The van der Waals surface area contributed by atoms with Gasteiger partial charge in [0.1, 0.15) is 0 Å². The number of hydrogen-bond donors (Lipinski definition) is 0. The van der Waals surface area contributed by atoms with Crippen LogP contribution in [0.15, 0.2) is 35.5 Å². The predicted octanol–water partition coefficient (Wildman–Crippen LogP) is 5.63. The maximum Gasteiger partial charge on any atom is 0.178 e. The van der Waals surface area contributed by atoms with Gasteiger partial charge >= 0.3 is 0 Å². The second-order valence-corrected chi connectivity index (χ2v) is 9.71. The Hall–Kier alpha value is -1.11. The fourth-order valence-electron chi connectivity index (χ4n) is 7.45. The van der Waals surface area contributed by atoms with Crippen LogP contribution >= 0.6 is 0 Å². The molecule has 0 aromatic rings. The third-order valence-corrected chi connectivity index (χ3v) is 8.84. The van der Waals surface area contributed by atoms with E-state index in [4.69, 9.17) is 0 Å². The first-order valence-corrected chi connectivity index (χ1v) is 10.1. The van der Waals surface area contributed by atoms with Crippen molar-refractivity contribution in [2.24, 2.45) is 34.0 Å². The van der Waals surface area contributed by atoms with Crippen LogP contribution in [-0.2, 0) is 4.79 Å². The molecule has 3 fully saturated rings. The lowest BCUT2D eigenvalue weighted by Gasteiger charge is -2.59. The van der Waals surface area contributed by atoms with Crippen molar-refractivity contribution in [2.45, 2.75) is 65.7 Å². The van der Waals surface area contributed by atoms with Crippen LogP contribution in [0.2, 0.25) is 0 Å². The predicted molar refractivity (Wildman–Crippen MR) is 97.4 cm³/mol. The van der Waals surface area contributed by atoms with Crippen LogP contribution in [0.3, 0.4) is 0 Å². The summed E-state index contributed by atoms with van der Waals surface area (Å²) in [6.45, 7) is 7.35. The summed E-state index contributed by atoms with van der Waals surface area (Å²) in [7, 11) is 0. The minimum Gasteiger partial charge on any atom is -0.290 e. The Balaban J connectivity index is 1.58. The highest BCUT2D eigenvalue weighted by Crippen LogP contribution is 2.73. The number of fused-ring (bicyclic) bond motifs is 6. The molecule has 5 aliphatic carbocycles. The van der Waals surface area contributed by atoms with Crippen LogP contribution in [0.4, 0.5) is 0 Å². The highest BCUT2D eigenvalue weighted by Gasteiger charge is 2.64. The molecule has 5 unspecified atom stereocenters. The molecule has 3 saturated carbocycles. The molecular weight excluding hydrogens is 292 g/mol. The molecule has 0 aliphatic heterocycles. The molecule has 24 heavy (non-hydrogen) atoms. The zero-order chi connectivity index (χ0) is 16.7. The number of ketones is 1. The topological polar surface area (TPSA) is 17.1 Å². The third-order valence-electron chi connectivity index (χ3n) is 8.84. The van der Waals surface area contributed by atoms with Gasteiger partial charge in [0.15, 0.2) is 5.78 Å². The van der Waals surface area contributed by atoms with Gasteiger partial charge in [-0.05, 0) is 85.7 Å². The Morgan fingerprint density at radius 1 is 1.17 bits per heavy atom. The number of rotatable bonds is 1. The molecule has 0 saturated heterocycles. The van der Waals surface area contributed by atoms with Gasteiger partial charge in [0.05, 0.1) is 0 Å². The Labute approximate surface area is 146 Å². The Bertz CT molecular complexity index is 704. The number of carbonyl (C=O) groups excluding carboxylic acids is 1. The van der Waals surface area contributed by atoms with Crippen LogP contribution < -0.4 is 0 Å². The van der Waals surface area contributed by atoms with E-state index in [1.807, 2.05) is 12.2 Å². The van der Waals surface area contributed by atoms with Crippen molar-refractivity contribution in [1.29, 1.82) is 0 Å². The lowest BCUT2D eigenvalue weighted by atomic mass is 9.45. The quantitative estimate of drug-likeness (QED) is 0.572. The monoisotopic (exact) mass is 322 g/mol. The maximum atomic E-state index is 12.1. The molecule has 0 aromatic carbocycles. The van der Waals surface area contributed by atoms with E-state index in [2.05, 4.69) is 32.9 Å². The number of hydrogen-bond acceptors (Lipinski definition) is 1. The average molecular weight is 322 g/mol. The molecule has 1 nitrogen and oxygen atoms in total. The van der Waals surface area contributed by atoms with E-state index in [1.165, 1.54) is 50.5 Å². The van der Waals surface area contributed by atoms with Gasteiger partial charge in [0.25, 0.3) is 0 Å². The van der Waals surface area contributed by atoms with E-state index in [0.717, 1.165) is 17.8 Å². The first kappa shape index (κ1) is 15.2. The number of carbonyl (C=O) groups is 1. The van der Waals surface area contributed by atoms with E-state index in [9.17, 15) is 4.79 Å². The van der Waals surface area contributed by atoms with Gasteiger partial charge in [-0.25, -0.2) is 0 Å². The SMILES string of the molecule is CCC1=CCC2C3CC4(CC4)C4=CC(=O)C=CC4(C)C3CCC12C. The van der Waals surface area contributed by atoms with Crippen LogP contribution in [-0.4, -0.2) is 5.78 Å². The standard InChI is InChI=1S/C23H30O/c1-4-15-5-6-18-17-14-23(11-12-23)20-13-16(24)7-9-22(20,3)19(17)8-10-21(15,18)2/h5,7,9,13,17-19H,4,6,8,10-12,14H2,1-3H3. The molecule has 128 valence electrons. The van der Waals surface area contributed by atoms with Crippen LogP contribution in [0.25, 0.3) is 0 Å². The van der Waals surface area contributed by atoms with Gasteiger partial charge < -0.3 is 0 Å². The summed E-state index contributed by atoms with van der Waals surface area (Å²) >= 11 is 0. The summed E-state index contributed by atoms with van der Waals surface area (Å²) < 4.78 is 0. The normalized spacial score (nSPS) is 47.6. The molecule has 0 amide bonds. The van der Waals surface area contributed by atoms with Gasteiger partial charge in [0.2, 0.25) is 0 Å². The first-order chi connectivity index (χ1) is 11.4. The van der Waals surface area contributed by atoms with E-state index < -0.39 is 0 Å². The summed E-state index contributed by atoms with van der Waals surface area (Å²) in [5, 5.41) is 0. The van der Waals surface area contributed by atoms with Gasteiger partial charge in [-0.1, -0.05) is 44.1 Å². The molecule has 0 N–H and O–H groups in total. The van der Waals surface area contributed by atoms with Gasteiger partial charge in [-0.2, -0.15) is 0 Å². The molecule has 5 aliphatic rings. The van der Waals surface area contributed by atoms with Gasteiger partial charge in [0, 0.05) is 5.41 Å². The van der Waals surface area contributed by atoms with Crippen molar-refractivity contribution < 1.29 is 4.79 Å². The summed E-state index contributed by atoms with van der Waals surface area (Å²) in [6.07, 6.45) is 18.0. The average Bonchev–Trinajstić information content (AvgIpc) is 3.23. The molecular formula is C23H30O. The van der Waals surface area contributed by atoms with Crippen molar-refractivity contribution in [3.05, 3.63) is 35.5 Å². The molecule has 5 rings (SSSR count). The molecule has 1 heteroatoms. The highest BCUT2D eigenvalue weighted by atomic mass is 16.1. The Kier molecular flexibility index (Phi) is 2.87. The van der Waals surface area contributed by atoms with Crippen LogP contribution in [0, 0.1) is 34.0 Å². The lowest BCUT2D eigenvalue weighted by molar-refractivity contribution is -0.111. The van der Waals surface area contributed by atoms with E-state index >= 15 is 0 Å². The van der Waals surface area contributed by atoms with Crippen LogP contribution in [0.1, 0.15) is 65.7 Å².